The molecule has 0 fully saturated rings. The molecule has 19 heavy (non-hydrogen) atoms. The van der Waals surface area contributed by atoms with Gasteiger partial charge in [-0.15, -0.1) is 0 Å². The molecule has 0 unspecified atom stereocenters. The number of carbonyl (C=O) groups is 1. The summed E-state index contributed by atoms with van der Waals surface area (Å²) in [6.45, 7) is 9.42. The van der Waals surface area contributed by atoms with Crippen LogP contribution in [-0.4, -0.2) is 5.78 Å². The fraction of sp³-hybridized carbons (Fsp3) is 0.562. The monoisotopic (exact) mass is 268 g/mol. The van der Waals surface area contributed by atoms with Crippen LogP contribution in [0.2, 0.25) is 0 Å². The van der Waals surface area contributed by atoms with Gasteiger partial charge in [-0.1, -0.05) is 27.7 Å². The molecule has 0 aliphatic rings. The van der Waals surface area contributed by atoms with Crippen LogP contribution in [-0.2, 0) is 11.2 Å². The molecule has 0 amide bonds. The molecule has 0 heterocycles. The summed E-state index contributed by atoms with van der Waals surface area (Å²) >= 11 is 0. The van der Waals surface area contributed by atoms with Crippen LogP contribution in [0.4, 0.5) is 8.78 Å². The zero-order valence-electron chi connectivity index (χ0n) is 12.3. The van der Waals surface area contributed by atoms with Gasteiger partial charge in [0.1, 0.15) is 5.78 Å². The number of hydrogen-bond acceptors (Lipinski definition) is 1. The maximum Gasteiger partial charge on any atom is 0.263 e. The number of benzene rings is 1. The van der Waals surface area contributed by atoms with Crippen molar-refractivity contribution in [2.45, 2.75) is 59.3 Å². The van der Waals surface area contributed by atoms with Gasteiger partial charge in [0.2, 0.25) is 0 Å². The lowest BCUT2D eigenvalue weighted by molar-refractivity contribution is -0.116. The third kappa shape index (κ3) is 3.85. The number of hydrogen-bond donors (Lipinski definition) is 0. The fourth-order valence-corrected chi connectivity index (χ4v) is 2.35. The van der Waals surface area contributed by atoms with Crippen molar-refractivity contribution in [2.24, 2.45) is 0 Å². The van der Waals surface area contributed by atoms with Crippen LogP contribution in [0, 0.1) is 0 Å². The van der Waals surface area contributed by atoms with Gasteiger partial charge in [-0.25, -0.2) is 8.78 Å². The normalized spacial score (nSPS) is 11.7. The van der Waals surface area contributed by atoms with E-state index in [2.05, 4.69) is 0 Å². The van der Waals surface area contributed by atoms with Gasteiger partial charge in [0.15, 0.2) is 0 Å². The second-order valence-corrected chi connectivity index (χ2v) is 5.67. The molecular formula is C16H22F2O. The molecule has 0 radical (unpaired) electrons. The second kappa shape index (κ2) is 6.27. The molecule has 0 aromatic heterocycles. The van der Waals surface area contributed by atoms with Crippen LogP contribution in [0.15, 0.2) is 12.1 Å². The third-order valence-electron chi connectivity index (χ3n) is 3.26. The summed E-state index contributed by atoms with van der Waals surface area (Å²) < 4.78 is 26.0. The maximum atomic E-state index is 13.0. The number of ketones is 1. The van der Waals surface area contributed by atoms with Gasteiger partial charge < -0.3 is 0 Å². The first-order valence-corrected chi connectivity index (χ1v) is 6.68. The van der Waals surface area contributed by atoms with Crippen molar-refractivity contribution < 1.29 is 13.6 Å². The minimum atomic E-state index is -2.47. The Hall–Kier alpha value is -1.25. The van der Waals surface area contributed by atoms with E-state index in [-0.39, 0.29) is 23.2 Å². The van der Waals surface area contributed by atoms with Crippen LogP contribution in [0.5, 0.6) is 0 Å². The summed E-state index contributed by atoms with van der Waals surface area (Å²) in [6, 6.07) is 3.11. The predicted molar refractivity (Wildman–Crippen MR) is 74.0 cm³/mol. The van der Waals surface area contributed by atoms with E-state index < -0.39 is 6.43 Å². The lowest BCUT2D eigenvalue weighted by Gasteiger charge is -2.21. The summed E-state index contributed by atoms with van der Waals surface area (Å²) in [5.41, 5.74) is 2.73. The minimum Gasteiger partial charge on any atom is -0.300 e. The van der Waals surface area contributed by atoms with Crippen LogP contribution in [0.25, 0.3) is 0 Å². The highest BCUT2D eigenvalue weighted by atomic mass is 19.3. The fourth-order valence-electron chi connectivity index (χ4n) is 2.35. The first-order chi connectivity index (χ1) is 8.73. The van der Waals surface area contributed by atoms with Gasteiger partial charge in [0.05, 0.1) is 0 Å². The molecule has 0 atom stereocenters. The van der Waals surface area contributed by atoms with E-state index in [9.17, 15) is 13.6 Å². The Kier molecular flexibility index (Phi) is 5.21. The molecule has 0 saturated carbocycles. The number of carbonyl (C=O) groups excluding carboxylic acids is 1. The van der Waals surface area contributed by atoms with E-state index in [1.54, 1.807) is 12.1 Å². The molecule has 0 bridgehead atoms. The summed E-state index contributed by atoms with van der Waals surface area (Å²) in [5.74, 6) is 0.324. The van der Waals surface area contributed by atoms with Crippen LogP contribution in [0.3, 0.4) is 0 Å². The molecular weight excluding hydrogens is 246 g/mol. The molecule has 3 heteroatoms. The molecule has 1 aromatic carbocycles. The van der Waals surface area contributed by atoms with E-state index in [4.69, 9.17) is 0 Å². The van der Waals surface area contributed by atoms with Crippen LogP contribution in [0.1, 0.15) is 75.1 Å². The first kappa shape index (κ1) is 15.8. The highest BCUT2D eigenvalue weighted by molar-refractivity contribution is 5.79. The van der Waals surface area contributed by atoms with Crippen molar-refractivity contribution in [3.8, 4) is 0 Å². The molecule has 1 nitrogen and oxygen atoms in total. The Labute approximate surface area is 114 Å². The van der Waals surface area contributed by atoms with Gasteiger partial charge in [-0.2, -0.15) is 0 Å². The van der Waals surface area contributed by atoms with Crippen LogP contribution >= 0.6 is 0 Å². The average Bonchev–Trinajstić information content (AvgIpc) is 2.27. The molecule has 0 N–H and O–H groups in total. The topological polar surface area (TPSA) is 17.1 Å². The SMILES string of the molecule is CC(=O)Cc1c(C(C)C)cc(C(F)F)cc1C(C)C. The molecule has 0 aliphatic carbocycles. The van der Waals surface area contributed by atoms with Crippen molar-refractivity contribution in [3.05, 3.63) is 34.4 Å². The van der Waals surface area contributed by atoms with Gasteiger partial charge in [0.25, 0.3) is 6.43 Å². The number of halogens is 2. The summed E-state index contributed by atoms with van der Waals surface area (Å²) in [6.07, 6.45) is -2.15. The highest BCUT2D eigenvalue weighted by Crippen LogP contribution is 2.33. The highest BCUT2D eigenvalue weighted by Gasteiger charge is 2.19. The molecule has 0 aliphatic heterocycles. The minimum absolute atomic E-state index is 0.0553. The van der Waals surface area contributed by atoms with E-state index in [0.717, 1.165) is 16.7 Å². The number of rotatable bonds is 5. The Balaban J connectivity index is 3.50. The van der Waals surface area contributed by atoms with Crippen molar-refractivity contribution in [2.75, 3.05) is 0 Å². The summed E-state index contributed by atoms with van der Waals surface area (Å²) in [4.78, 5) is 11.4. The second-order valence-electron chi connectivity index (χ2n) is 5.67. The standard InChI is InChI=1S/C16H22F2O/c1-9(2)13-7-12(16(17)18)8-14(10(3)4)15(13)6-11(5)19/h7-10,16H,6H2,1-5H3. The quantitative estimate of drug-likeness (QED) is 0.734. The largest absolute Gasteiger partial charge is 0.300 e. The van der Waals surface area contributed by atoms with Crippen molar-refractivity contribution in [1.82, 2.24) is 0 Å². The Morgan fingerprint density at radius 3 is 1.74 bits per heavy atom. The van der Waals surface area contributed by atoms with E-state index in [0.29, 0.717) is 6.42 Å². The molecule has 1 rings (SSSR count). The van der Waals surface area contributed by atoms with Crippen molar-refractivity contribution in [3.63, 3.8) is 0 Å². The number of alkyl halides is 2. The summed E-state index contributed by atoms with van der Waals surface area (Å²) in [5, 5.41) is 0. The van der Waals surface area contributed by atoms with Gasteiger partial charge in [-0.05, 0) is 47.6 Å². The molecule has 0 saturated heterocycles. The van der Waals surface area contributed by atoms with Gasteiger partial charge in [0, 0.05) is 12.0 Å². The Morgan fingerprint density at radius 2 is 1.47 bits per heavy atom. The number of Topliss-reactive ketones (excluding diaryl/α,β-unsaturated/α-hetero) is 1. The Bertz CT molecular complexity index is 433. The van der Waals surface area contributed by atoms with Gasteiger partial charge in [-0.3, -0.25) is 4.79 Å². The van der Waals surface area contributed by atoms with E-state index >= 15 is 0 Å². The Morgan fingerprint density at radius 1 is 1.05 bits per heavy atom. The average molecular weight is 268 g/mol. The zero-order chi connectivity index (χ0) is 14.7. The summed E-state index contributed by atoms with van der Waals surface area (Å²) in [7, 11) is 0. The van der Waals surface area contributed by atoms with Gasteiger partial charge >= 0.3 is 0 Å². The van der Waals surface area contributed by atoms with E-state index in [1.807, 2.05) is 27.7 Å². The molecule has 1 aromatic rings. The lowest BCUT2D eigenvalue weighted by atomic mass is 9.84. The zero-order valence-corrected chi connectivity index (χ0v) is 12.3. The molecule has 0 spiro atoms. The van der Waals surface area contributed by atoms with Crippen molar-refractivity contribution >= 4 is 5.78 Å². The lowest BCUT2D eigenvalue weighted by Crippen LogP contribution is -2.09. The first-order valence-electron chi connectivity index (χ1n) is 6.68. The third-order valence-corrected chi connectivity index (χ3v) is 3.26. The van der Waals surface area contributed by atoms with Crippen LogP contribution < -0.4 is 0 Å². The van der Waals surface area contributed by atoms with Crippen molar-refractivity contribution in [1.29, 1.82) is 0 Å². The maximum absolute atomic E-state index is 13.0. The predicted octanol–water partition coefficient (Wildman–Crippen LogP) is 5.00. The van der Waals surface area contributed by atoms with E-state index in [1.165, 1.54) is 6.92 Å². The smallest absolute Gasteiger partial charge is 0.263 e. The molecule has 106 valence electrons.